The van der Waals surface area contributed by atoms with E-state index in [9.17, 15) is 13.2 Å². The predicted molar refractivity (Wildman–Crippen MR) is 115 cm³/mol. The summed E-state index contributed by atoms with van der Waals surface area (Å²) in [5, 5.41) is 6.02. The molecule has 2 atom stereocenters. The Morgan fingerprint density at radius 1 is 1.14 bits per heavy atom. The Morgan fingerprint density at radius 2 is 1.83 bits per heavy atom. The number of benzene rings is 1. The van der Waals surface area contributed by atoms with Gasteiger partial charge in [-0.1, -0.05) is 26.0 Å². The molecular formula is C21H30N4O3S. The van der Waals surface area contributed by atoms with Crippen molar-refractivity contribution in [2.75, 3.05) is 18.4 Å². The Bertz CT molecular complexity index is 928. The minimum Gasteiger partial charge on any atom is -0.325 e. The highest BCUT2D eigenvalue weighted by Crippen LogP contribution is 2.24. The Morgan fingerprint density at radius 3 is 2.41 bits per heavy atom. The molecule has 2 rings (SSSR count). The number of nitrogens with one attached hydrogen (secondary N) is 2. The summed E-state index contributed by atoms with van der Waals surface area (Å²) in [6.07, 6.45) is 1.71. The molecule has 2 aromatic rings. The van der Waals surface area contributed by atoms with E-state index >= 15 is 0 Å². The van der Waals surface area contributed by atoms with Gasteiger partial charge in [-0.05, 0) is 50.6 Å². The number of hydrogen-bond donors (Lipinski definition) is 2. The van der Waals surface area contributed by atoms with Crippen LogP contribution >= 0.6 is 0 Å². The SMILES string of the molecule is CCN(CC)S(=O)(=O)c1cc(NC(=O)C(C)NC(C)c2ccccn2)ccc1C. The summed E-state index contributed by atoms with van der Waals surface area (Å²) in [5.41, 5.74) is 1.94. The van der Waals surface area contributed by atoms with Crippen LogP contribution in [0.2, 0.25) is 0 Å². The van der Waals surface area contributed by atoms with Crippen LogP contribution in [0.5, 0.6) is 0 Å². The summed E-state index contributed by atoms with van der Waals surface area (Å²) in [6, 6.07) is 9.99. The lowest BCUT2D eigenvalue weighted by Gasteiger charge is -2.21. The number of anilines is 1. The zero-order chi connectivity index (χ0) is 21.6. The summed E-state index contributed by atoms with van der Waals surface area (Å²) in [6.45, 7) is 9.84. The Balaban J connectivity index is 2.14. The van der Waals surface area contributed by atoms with Gasteiger partial charge in [0.05, 0.1) is 16.6 Å². The van der Waals surface area contributed by atoms with Crippen LogP contribution in [0.25, 0.3) is 0 Å². The Hall–Kier alpha value is -2.29. The molecule has 2 N–H and O–H groups in total. The third-order valence-electron chi connectivity index (χ3n) is 4.80. The summed E-state index contributed by atoms with van der Waals surface area (Å²) in [4.78, 5) is 17.1. The van der Waals surface area contributed by atoms with Crippen molar-refractivity contribution < 1.29 is 13.2 Å². The van der Waals surface area contributed by atoms with Gasteiger partial charge in [0.15, 0.2) is 0 Å². The van der Waals surface area contributed by atoms with E-state index in [0.29, 0.717) is 24.3 Å². The molecule has 7 nitrogen and oxygen atoms in total. The van der Waals surface area contributed by atoms with E-state index in [1.54, 1.807) is 46.0 Å². The van der Waals surface area contributed by atoms with Crippen molar-refractivity contribution >= 4 is 21.6 Å². The fraction of sp³-hybridized carbons (Fsp3) is 0.429. The first-order valence-electron chi connectivity index (χ1n) is 9.79. The highest BCUT2D eigenvalue weighted by molar-refractivity contribution is 7.89. The lowest BCUT2D eigenvalue weighted by atomic mass is 10.1. The number of amides is 1. The molecule has 1 heterocycles. The second kappa shape index (κ2) is 9.96. The molecule has 8 heteroatoms. The first-order chi connectivity index (χ1) is 13.7. The highest BCUT2D eigenvalue weighted by Gasteiger charge is 2.24. The van der Waals surface area contributed by atoms with Crippen molar-refractivity contribution in [1.82, 2.24) is 14.6 Å². The van der Waals surface area contributed by atoms with E-state index in [-0.39, 0.29) is 16.8 Å². The number of carbonyl (C=O) groups is 1. The topological polar surface area (TPSA) is 91.4 Å². The van der Waals surface area contributed by atoms with Crippen LogP contribution in [0.1, 0.15) is 45.0 Å². The zero-order valence-corrected chi connectivity index (χ0v) is 18.5. The van der Waals surface area contributed by atoms with Crippen LogP contribution in [0.15, 0.2) is 47.5 Å². The van der Waals surface area contributed by atoms with Gasteiger partial charge in [-0.3, -0.25) is 15.1 Å². The van der Waals surface area contributed by atoms with Crippen LogP contribution in [0, 0.1) is 6.92 Å². The first kappa shape index (κ1) is 23.0. The molecule has 0 radical (unpaired) electrons. The monoisotopic (exact) mass is 418 g/mol. The van der Waals surface area contributed by atoms with Crippen molar-refractivity contribution in [3.63, 3.8) is 0 Å². The van der Waals surface area contributed by atoms with Crippen molar-refractivity contribution in [3.05, 3.63) is 53.9 Å². The fourth-order valence-corrected chi connectivity index (χ4v) is 4.79. The van der Waals surface area contributed by atoms with E-state index in [0.717, 1.165) is 5.69 Å². The number of carbonyl (C=O) groups excluding carboxylic acids is 1. The fourth-order valence-electron chi connectivity index (χ4n) is 3.08. The van der Waals surface area contributed by atoms with Crippen LogP contribution in [-0.4, -0.2) is 42.7 Å². The van der Waals surface area contributed by atoms with Gasteiger partial charge in [-0.25, -0.2) is 8.42 Å². The maximum absolute atomic E-state index is 12.9. The van der Waals surface area contributed by atoms with E-state index in [1.807, 2.05) is 25.1 Å². The maximum atomic E-state index is 12.9. The average Bonchev–Trinajstić information content (AvgIpc) is 2.70. The van der Waals surface area contributed by atoms with Crippen molar-refractivity contribution in [2.45, 2.75) is 51.6 Å². The molecule has 1 aromatic carbocycles. The third kappa shape index (κ3) is 5.62. The average molecular weight is 419 g/mol. The number of aryl methyl sites for hydroxylation is 1. The normalized spacial score (nSPS) is 13.9. The predicted octanol–water partition coefficient (Wildman–Crippen LogP) is 3.10. The van der Waals surface area contributed by atoms with E-state index in [2.05, 4.69) is 15.6 Å². The summed E-state index contributed by atoms with van der Waals surface area (Å²) < 4.78 is 27.2. The number of aromatic nitrogens is 1. The van der Waals surface area contributed by atoms with E-state index in [4.69, 9.17) is 0 Å². The summed E-state index contributed by atoms with van der Waals surface area (Å²) in [5.74, 6) is -0.247. The van der Waals surface area contributed by atoms with Crippen molar-refractivity contribution in [1.29, 1.82) is 0 Å². The van der Waals surface area contributed by atoms with Gasteiger partial charge >= 0.3 is 0 Å². The molecule has 29 heavy (non-hydrogen) atoms. The smallest absolute Gasteiger partial charge is 0.243 e. The molecular weight excluding hydrogens is 388 g/mol. The number of nitrogens with zero attached hydrogens (tertiary/aromatic N) is 2. The lowest BCUT2D eigenvalue weighted by Crippen LogP contribution is -2.39. The van der Waals surface area contributed by atoms with Gasteiger partial charge in [0.1, 0.15) is 0 Å². The minimum absolute atomic E-state index is 0.103. The maximum Gasteiger partial charge on any atom is 0.243 e. The summed E-state index contributed by atoms with van der Waals surface area (Å²) in [7, 11) is -3.61. The molecule has 0 aliphatic rings. The van der Waals surface area contributed by atoms with Gasteiger partial charge in [0, 0.05) is 31.0 Å². The second-order valence-electron chi connectivity index (χ2n) is 6.92. The molecule has 0 saturated carbocycles. The van der Waals surface area contributed by atoms with Gasteiger partial charge in [0.2, 0.25) is 15.9 Å². The Labute approximate surface area is 173 Å². The molecule has 1 aromatic heterocycles. The van der Waals surface area contributed by atoms with Crippen molar-refractivity contribution in [3.8, 4) is 0 Å². The molecule has 1 amide bonds. The first-order valence-corrected chi connectivity index (χ1v) is 11.2. The van der Waals surface area contributed by atoms with E-state index in [1.165, 1.54) is 10.4 Å². The standard InChI is InChI=1S/C21H30N4O3S/c1-6-25(7-2)29(27,28)20-14-18(12-11-15(20)3)24-21(26)17(5)23-16(4)19-10-8-9-13-22-19/h8-14,16-17,23H,6-7H2,1-5H3,(H,24,26). The van der Waals surface area contributed by atoms with Crippen LogP contribution < -0.4 is 10.6 Å². The number of hydrogen-bond acceptors (Lipinski definition) is 5. The van der Waals surface area contributed by atoms with Gasteiger partial charge in [-0.2, -0.15) is 4.31 Å². The van der Waals surface area contributed by atoms with Gasteiger partial charge in [-0.15, -0.1) is 0 Å². The molecule has 2 unspecified atom stereocenters. The molecule has 0 bridgehead atoms. The molecule has 0 aliphatic heterocycles. The molecule has 158 valence electrons. The second-order valence-corrected chi connectivity index (χ2v) is 8.83. The zero-order valence-electron chi connectivity index (χ0n) is 17.6. The summed E-state index contributed by atoms with van der Waals surface area (Å²) >= 11 is 0. The number of rotatable bonds is 9. The molecule has 0 saturated heterocycles. The molecule has 0 spiro atoms. The minimum atomic E-state index is -3.61. The number of pyridine rings is 1. The van der Waals surface area contributed by atoms with E-state index < -0.39 is 16.1 Å². The molecule has 0 aliphatic carbocycles. The Kier molecular flexibility index (Phi) is 7.89. The molecule has 0 fully saturated rings. The van der Waals surface area contributed by atoms with Gasteiger partial charge in [0.25, 0.3) is 0 Å². The van der Waals surface area contributed by atoms with Crippen LogP contribution in [-0.2, 0) is 14.8 Å². The highest BCUT2D eigenvalue weighted by atomic mass is 32.2. The largest absolute Gasteiger partial charge is 0.325 e. The third-order valence-corrected chi connectivity index (χ3v) is 7.00. The quantitative estimate of drug-likeness (QED) is 0.653. The van der Waals surface area contributed by atoms with Crippen LogP contribution in [0.3, 0.4) is 0 Å². The van der Waals surface area contributed by atoms with Crippen LogP contribution in [0.4, 0.5) is 5.69 Å². The lowest BCUT2D eigenvalue weighted by molar-refractivity contribution is -0.117. The van der Waals surface area contributed by atoms with Gasteiger partial charge < -0.3 is 5.32 Å². The number of sulfonamides is 1. The van der Waals surface area contributed by atoms with Crippen molar-refractivity contribution in [2.24, 2.45) is 0 Å².